The molecule has 0 aliphatic heterocycles. The highest BCUT2D eigenvalue weighted by Crippen LogP contribution is 2.14. The fourth-order valence-electron chi connectivity index (χ4n) is 1.26. The van der Waals surface area contributed by atoms with Crippen LogP contribution in [0.25, 0.3) is 6.08 Å². The van der Waals surface area contributed by atoms with Crippen molar-refractivity contribution in [2.24, 2.45) is 5.73 Å². The Labute approximate surface area is 93.7 Å². The van der Waals surface area contributed by atoms with Crippen LogP contribution in [0, 0.1) is 5.82 Å². The summed E-state index contributed by atoms with van der Waals surface area (Å²) in [6, 6.07) is 3.91. The van der Waals surface area contributed by atoms with Crippen molar-refractivity contribution in [2.75, 3.05) is 13.2 Å². The number of esters is 1. The van der Waals surface area contributed by atoms with Crippen molar-refractivity contribution in [2.45, 2.75) is 6.92 Å². The maximum absolute atomic E-state index is 13.0. The van der Waals surface area contributed by atoms with Crippen molar-refractivity contribution in [1.82, 2.24) is 0 Å². The van der Waals surface area contributed by atoms with E-state index in [1.54, 1.807) is 19.1 Å². The Morgan fingerprint density at radius 1 is 1.56 bits per heavy atom. The highest BCUT2D eigenvalue weighted by atomic mass is 19.1. The summed E-state index contributed by atoms with van der Waals surface area (Å²) >= 11 is 0. The molecule has 2 N–H and O–H groups in total. The van der Waals surface area contributed by atoms with Gasteiger partial charge in [-0.25, -0.2) is 9.18 Å². The van der Waals surface area contributed by atoms with E-state index in [1.807, 2.05) is 0 Å². The molecule has 0 aromatic heterocycles. The summed E-state index contributed by atoms with van der Waals surface area (Å²) in [7, 11) is 0. The van der Waals surface area contributed by atoms with Gasteiger partial charge in [-0.05, 0) is 30.7 Å². The predicted octanol–water partition coefficient (Wildman–Crippen LogP) is 1.97. The fourth-order valence-corrected chi connectivity index (χ4v) is 1.26. The van der Waals surface area contributed by atoms with Gasteiger partial charge in [0.15, 0.2) is 0 Å². The highest BCUT2D eigenvalue weighted by molar-refractivity contribution is 5.93. The summed E-state index contributed by atoms with van der Waals surface area (Å²) < 4.78 is 17.9. The predicted molar refractivity (Wildman–Crippen MR) is 60.4 cm³/mol. The third-order valence-electron chi connectivity index (χ3n) is 1.94. The zero-order valence-corrected chi connectivity index (χ0v) is 9.07. The normalized spacial score (nSPS) is 10.7. The van der Waals surface area contributed by atoms with E-state index in [-0.39, 0.29) is 6.61 Å². The molecule has 1 aromatic carbocycles. The van der Waals surface area contributed by atoms with Crippen LogP contribution in [0.1, 0.15) is 22.8 Å². The second kappa shape index (κ2) is 6.02. The third kappa shape index (κ3) is 3.17. The van der Waals surface area contributed by atoms with E-state index in [4.69, 9.17) is 10.5 Å². The largest absolute Gasteiger partial charge is 0.462 e. The summed E-state index contributed by atoms with van der Waals surface area (Å²) in [5.41, 5.74) is 6.12. The minimum atomic E-state index is -0.459. The standard InChI is InChI=1S/C12H14FNO2/c1-2-16-12(15)11-6-5-10(13)8-9(11)4-3-7-14/h3-6,8H,2,7,14H2,1H3. The maximum Gasteiger partial charge on any atom is 0.338 e. The minimum Gasteiger partial charge on any atom is -0.462 e. The van der Waals surface area contributed by atoms with Crippen molar-refractivity contribution >= 4 is 12.0 Å². The molecule has 0 amide bonds. The first-order chi connectivity index (χ1) is 7.69. The second-order valence-electron chi connectivity index (χ2n) is 3.09. The number of ether oxygens (including phenoxy) is 1. The van der Waals surface area contributed by atoms with Crippen LogP contribution in [0.2, 0.25) is 0 Å². The lowest BCUT2D eigenvalue weighted by Gasteiger charge is -2.05. The van der Waals surface area contributed by atoms with Gasteiger partial charge in [0, 0.05) is 6.54 Å². The van der Waals surface area contributed by atoms with Gasteiger partial charge in [-0.15, -0.1) is 0 Å². The van der Waals surface area contributed by atoms with Crippen LogP contribution in [-0.4, -0.2) is 19.1 Å². The van der Waals surface area contributed by atoms with E-state index >= 15 is 0 Å². The van der Waals surface area contributed by atoms with E-state index in [2.05, 4.69) is 0 Å². The average molecular weight is 223 g/mol. The van der Waals surface area contributed by atoms with Gasteiger partial charge in [-0.3, -0.25) is 0 Å². The van der Waals surface area contributed by atoms with Crippen LogP contribution in [-0.2, 0) is 4.74 Å². The topological polar surface area (TPSA) is 52.3 Å². The molecule has 4 heteroatoms. The van der Waals surface area contributed by atoms with Gasteiger partial charge in [0.1, 0.15) is 5.82 Å². The monoisotopic (exact) mass is 223 g/mol. The van der Waals surface area contributed by atoms with Gasteiger partial charge in [0.05, 0.1) is 12.2 Å². The molecule has 0 atom stereocenters. The molecule has 1 aromatic rings. The number of halogens is 1. The van der Waals surface area contributed by atoms with Crippen LogP contribution < -0.4 is 5.73 Å². The van der Waals surface area contributed by atoms with Gasteiger partial charge in [-0.1, -0.05) is 12.2 Å². The SMILES string of the molecule is CCOC(=O)c1ccc(F)cc1C=CCN. The van der Waals surface area contributed by atoms with Crippen LogP contribution >= 0.6 is 0 Å². The van der Waals surface area contributed by atoms with Crippen LogP contribution in [0.5, 0.6) is 0 Å². The first kappa shape index (κ1) is 12.4. The fraction of sp³-hybridized carbons (Fsp3) is 0.250. The smallest absolute Gasteiger partial charge is 0.338 e. The molecule has 0 bridgehead atoms. The summed E-state index contributed by atoms with van der Waals surface area (Å²) in [5.74, 6) is -0.858. The quantitative estimate of drug-likeness (QED) is 0.794. The molecule has 0 fully saturated rings. The van der Waals surface area contributed by atoms with E-state index in [0.29, 0.717) is 17.7 Å². The molecule has 0 heterocycles. The van der Waals surface area contributed by atoms with Crippen molar-refractivity contribution in [3.63, 3.8) is 0 Å². The Bertz CT molecular complexity index is 402. The number of benzene rings is 1. The minimum absolute atomic E-state index is 0.288. The van der Waals surface area contributed by atoms with Gasteiger partial charge in [0.2, 0.25) is 0 Å². The zero-order valence-electron chi connectivity index (χ0n) is 9.07. The first-order valence-corrected chi connectivity index (χ1v) is 5.02. The molecule has 0 unspecified atom stereocenters. The van der Waals surface area contributed by atoms with E-state index in [9.17, 15) is 9.18 Å². The van der Waals surface area contributed by atoms with Crippen molar-refractivity contribution < 1.29 is 13.9 Å². The molecule has 86 valence electrons. The molecule has 16 heavy (non-hydrogen) atoms. The highest BCUT2D eigenvalue weighted by Gasteiger charge is 2.11. The maximum atomic E-state index is 13.0. The molecule has 0 aliphatic rings. The molecular weight excluding hydrogens is 209 g/mol. The Morgan fingerprint density at radius 3 is 2.94 bits per heavy atom. The lowest BCUT2D eigenvalue weighted by atomic mass is 10.1. The number of carbonyl (C=O) groups excluding carboxylic acids is 1. The van der Waals surface area contributed by atoms with Gasteiger partial charge in [-0.2, -0.15) is 0 Å². The number of nitrogens with two attached hydrogens (primary N) is 1. The van der Waals surface area contributed by atoms with Gasteiger partial charge >= 0.3 is 5.97 Å². The third-order valence-corrected chi connectivity index (χ3v) is 1.94. The second-order valence-corrected chi connectivity index (χ2v) is 3.09. The summed E-state index contributed by atoms with van der Waals surface area (Å²) in [5, 5.41) is 0. The van der Waals surface area contributed by atoms with Gasteiger partial charge in [0.25, 0.3) is 0 Å². The zero-order chi connectivity index (χ0) is 12.0. The molecule has 0 aliphatic carbocycles. The van der Waals surface area contributed by atoms with Crippen molar-refractivity contribution in [3.05, 3.63) is 41.2 Å². The first-order valence-electron chi connectivity index (χ1n) is 5.02. The average Bonchev–Trinajstić information content (AvgIpc) is 2.26. The molecule has 1 rings (SSSR count). The Hall–Kier alpha value is -1.68. The number of hydrogen-bond donors (Lipinski definition) is 1. The summed E-state index contributed by atoms with van der Waals surface area (Å²) in [4.78, 5) is 11.5. The molecule has 0 spiro atoms. The lowest BCUT2D eigenvalue weighted by molar-refractivity contribution is 0.0526. The van der Waals surface area contributed by atoms with E-state index in [1.165, 1.54) is 18.2 Å². The van der Waals surface area contributed by atoms with Crippen LogP contribution in [0.4, 0.5) is 4.39 Å². The number of carbonyl (C=O) groups is 1. The van der Waals surface area contributed by atoms with Crippen LogP contribution in [0.3, 0.4) is 0 Å². The summed E-state index contributed by atoms with van der Waals surface area (Å²) in [6.07, 6.45) is 3.26. The number of rotatable bonds is 4. The molecule has 3 nitrogen and oxygen atoms in total. The Morgan fingerprint density at radius 2 is 2.31 bits per heavy atom. The molecular formula is C12H14FNO2. The summed E-state index contributed by atoms with van der Waals surface area (Å²) in [6.45, 7) is 2.34. The van der Waals surface area contributed by atoms with Gasteiger partial charge < -0.3 is 10.5 Å². The lowest BCUT2D eigenvalue weighted by Crippen LogP contribution is -2.07. The van der Waals surface area contributed by atoms with Crippen LogP contribution in [0.15, 0.2) is 24.3 Å². The number of hydrogen-bond acceptors (Lipinski definition) is 3. The van der Waals surface area contributed by atoms with E-state index in [0.717, 1.165) is 0 Å². The van der Waals surface area contributed by atoms with E-state index < -0.39 is 11.8 Å². The molecule has 0 radical (unpaired) electrons. The Balaban J connectivity index is 3.06. The van der Waals surface area contributed by atoms with Crippen molar-refractivity contribution in [1.29, 1.82) is 0 Å². The molecule has 0 saturated carbocycles. The Kier molecular flexibility index (Phi) is 4.66. The van der Waals surface area contributed by atoms with Crippen molar-refractivity contribution in [3.8, 4) is 0 Å². The molecule has 0 saturated heterocycles.